The fraction of sp³-hybridized carbons (Fsp3) is 0.571. The SMILES string of the molecule is CC(C)(C)[C@H](NC(=O)C(CNC(=O)OCc1ccccc1)CC1CCCC1)C(=O)N1CCC(Cc2ccccc2)CC1. The lowest BCUT2D eigenvalue weighted by molar-refractivity contribution is -0.141. The number of benzene rings is 2. The number of likely N-dealkylation sites (tertiary alicyclic amines) is 1. The number of nitrogens with one attached hydrogen (secondary N) is 2. The minimum atomic E-state index is -0.633. The van der Waals surface area contributed by atoms with Gasteiger partial charge in [0.2, 0.25) is 11.8 Å². The van der Waals surface area contributed by atoms with Crippen molar-refractivity contribution in [2.75, 3.05) is 19.6 Å². The van der Waals surface area contributed by atoms with Crippen LogP contribution in [0.3, 0.4) is 0 Å². The van der Waals surface area contributed by atoms with Gasteiger partial charge >= 0.3 is 6.09 Å². The number of ether oxygens (including phenoxy) is 1. The summed E-state index contributed by atoms with van der Waals surface area (Å²) < 4.78 is 5.38. The number of amides is 3. The molecule has 2 atom stereocenters. The lowest BCUT2D eigenvalue weighted by atomic mass is 9.83. The van der Waals surface area contributed by atoms with E-state index in [-0.39, 0.29) is 25.0 Å². The molecule has 3 amide bonds. The van der Waals surface area contributed by atoms with Gasteiger partial charge in [-0.25, -0.2) is 4.79 Å². The molecule has 1 saturated heterocycles. The fourth-order valence-corrected chi connectivity index (χ4v) is 6.31. The summed E-state index contributed by atoms with van der Waals surface area (Å²) in [5.41, 5.74) is 1.80. The van der Waals surface area contributed by atoms with Gasteiger partial charge in [0.25, 0.3) is 0 Å². The molecule has 1 heterocycles. The van der Waals surface area contributed by atoms with Crippen molar-refractivity contribution in [3.63, 3.8) is 0 Å². The zero-order valence-electron chi connectivity index (χ0n) is 25.6. The van der Waals surface area contributed by atoms with Crippen LogP contribution < -0.4 is 10.6 Å². The Kier molecular flexibility index (Phi) is 11.4. The molecular weight excluding hydrogens is 526 g/mol. The van der Waals surface area contributed by atoms with Gasteiger partial charge in [0.05, 0.1) is 5.92 Å². The smallest absolute Gasteiger partial charge is 0.407 e. The molecule has 228 valence electrons. The first kappa shape index (κ1) is 31.6. The van der Waals surface area contributed by atoms with Crippen molar-refractivity contribution in [2.24, 2.45) is 23.2 Å². The van der Waals surface area contributed by atoms with E-state index >= 15 is 0 Å². The van der Waals surface area contributed by atoms with Gasteiger partial charge in [-0.15, -0.1) is 0 Å². The Bertz CT molecular complexity index is 1130. The summed E-state index contributed by atoms with van der Waals surface area (Å²) in [7, 11) is 0. The van der Waals surface area contributed by atoms with Gasteiger partial charge in [-0.05, 0) is 54.1 Å². The third kappa shape index (κ3) is 9.60. The normalized spacial score (nSPS) is 17.8. The van der Waals surface area contributed by atoms with E-state index in [1.165, 1.54) is 18.4 Å². The van der Waals surface area contributed by atoms with Crippen molar-refractivity contribution < 1.29 is 19.1 Å². The largest absolute Gasteiger partial charge is 0.445 e. The van der Waals surface area contributed by atoms with Crippen LogP contribution in [0.2, 0.25) is 0 Å². The van der Waals surface area contributed by atoms with Gasteiger partial charge < -0.3 is 20.3 Å². The minimum Gasteiger partial charge on any atom is -0.445 e. The molecule has 2 fully saturated rings. The van der Waals surface area contributed by atoms with Gasteiger partial charge in [-0.2, -0.15) is 0 Å². The third-order valence-corrected chi connectivity index (χ3v) is 8.86. The molecular formula is C35H49N3O4. The van der Waals surface area contributed by atoms with Crippen LogP contribution in [0.1, 0.15) is 76.8 Å². The van der Waals surface area contributed by atoms with E-state index in [1.807, 2.05) is 62.1 Å². The second kappa shape index (κ2) is 15.2. The summed E-state index contributed by atoms with van der Waals surface area (Å²) in [6.07, 6.45) is 7.67. The highest BCUT2D eigenvalue weighted by Crippen LogP contribution is 2.31. The summed E-state index contributed by atoms with van der Waals surface area (Å²) in [5, 5.41) is 5.96. The lowest BCUT2D eigenvalue weighted by Crippen LogP contribution is -2.57. The standard InChI is InChI=1S/C35H49N3O4/c1-35(2,3)31(33(40)38-20-18-28(19-21-38)22-26-12-6-4-7-13-26)37-32(39)30(23-27-14-10-11-15-27)24-36-34(41)42-25-29-16-8-5-9-17-29/h4-9,12-13,16-17,27-28,30-31H,10-11,14-15,18-25H2,1-3H3,(H,36,41)(H,37,39)/t30?,31-/m1/s1. The second-order valence-electron chi connectivity index (χ2n) is 13.3. The zero-order valence-corrected chi connectivity index (χ0v) is 25.6. The highest BCUT2D eigenvalue weighted by atomic mass is 16.5. The number of carbonyl (C=O) groups excluding carboxylic acids is 3. The minimum absolute atomic E-state index is 0.0103. The second-order valence-corrected chi connectivity index (χ2v) is 13.3. The molecule has 2 aliphatic rings. The summed E-state index contributed by atoms with van der Waals surface area (Å²) in [5.74, 6) is 0.408. The number of hydrogen-bond donors (Lipinski definition) is 2. The van der Waals surface area contributed by atoms with Crippen LogP contribution in [0.25, 0.3) is 0 Å². The number of nitrogens with zero attached hydrogens (tertiary/aromatic N) is 1. The Morgan fingerprint density at radius 1 is 0.857 bits per heavy atom. The summed E-state index contributed by atoms with van der Waals surface area (Å²) in [6, 6.07) is 19.4. The van der Waals surface area contributed by atoms with Crippen molar-refractivity contribution in [2.45, 2.75) is 84.8 Å². The number of rotatable bonds is 11. The number of carbonyl (C=O) groups is 3. The molecule has 0 bridgehead atoms. The van der Waals surface area contributed by atoms with Crippen LogP contribution in [0.15, 0.2) is 60.7 Å². The molecule has 2 aromatic rings. The Morgan fingerprint density at radius 2 is 1.45 bits per heavy atom. The molecule has 2 N–H and O–H groups in total. The van der Waals surface area contributed by atoms with E-state index in [2.05, 4.69) is 34.9 Å². The van der Waals surface area contributed by atoms with Crippen molar-refractivity contribution in [1.29, 1.82) is 0 Å². The molecule has 1 saturated carbocycles. The van der Waals surface area contributed by atoms with Crippen LogP contribution in [-0.4, -0.2) is 48.5 Å². The van der Waals surface area contributed by atoms with E-state index in [0.29, 0.717) is 31.3 Å². The maximum atomic E-state index is 13.8. The summed E-state index contributed by atoms with van der Waals surface area (Å²) in [4.78, 5) is 42.0. The maximum Gasteiger partial charge on any atom is 0.407 e. The molecule has 1 unspecified atom stereocenters. The van der Waals surface area contributed by atoms with E-state index in [4.69, 9.17) is 4.74 Å². The van der Waals surface area contributed by atoms with Gasteiger partial charge in [0.1, 0.15) is 12.6 Å². The average Bonchev–Trinajstić information content (AvgIpc) is 3.51. The summed E-state index contributed by atoms with van der Waals surface area (Å²) in [6.45, 7) is 7.79. The van der Waals surface area contributed by atoms with Crippen LogP contribution in [-0.2, 0) is 27.4 Å². The van der Waals surface area contributed by atoms with E-state index in [1.54, 1.807) is 0 Å². The quantitative estimate of drug-likeness (QED) is 0.338. The van der Waals surface area contributed by atoms with Crippen LogP contribution in [0, 0.1) is 23.2 Å². The van der Waals surface area contributed by atoms with E-state index in [0.717, 1.165) is 37.7 Å². The third-order valence-electron chi connectivity index (χ3n) is 8.86. The van der Waals surface area contributed by atoms with Gasteiger partial charge in [-0.3, -0.25) is 9.59 Å². The molecule has 4 rings (SSSR count). The molecule has 0 spiro atoms. The highest BCUT2D eigenvalue weighted by molar-refractivity contribution is 5.89. The molecule has 0 aromatic heterocycles. The zero-order chi connectivity index (χ0) is 30.0. The number of piperidine rings is 1. The lowest BCUT2D eigenvalue weighted by Gasteiger charge is -2.39. The topological polar surface area (TPSA) is 87.7 Å². The van der Waals surface area contributed by atoms with Crippen molar-refractivity contribution in [3.05, 3.63) is 71.8 Å². The predicted octanol–water partition coefficient (Wildman–Crippen LogP) is 6.12. The first-order valence-corrected chi connectivity index (χ1v) is 15.8. The highest BCUT2D eigenvalue weighted by Gasteiger charge is 2.38. The Labute approximate surface area is 251 Å². The Hall–Kier alpha value is -3.35. The van der Waals surface area contributed by atoms with Crippen LogP contribution >= 0.6 is 0 Å². The molecule has 42 heavy (non-hydrogen) atoms. The van der Waals surface area contributed by atoms with Crippen LogP contribution in [0.4, 0.5) is 4.79 Å². The number of hydrogen-bond acceptors (Lipinski definition) is 4. The summed E-state index contributed by atoms with van der Waals surface area (Å²) >= 11 is 0. The van der Waals surface area contributed by atoms with Crippen molar-refractivity contribution >= 4 is 17.9 Å². The van der Waals surface area contributed by atoms with E-state index < -0.39 is 23.5 Å². The molecule has 1 aliphatic carbocycles. The average molecular weight is 576 g/mol. The number of alkyl carbamates (subject to hydrolysis) is 1. The predicted molar refractivity (Wildman–Crippen MR) is 166 cm³/mol. The van der Waals surface area contributed by atoms with Crippen molar-refractivity contribution in [1.82, 2.24) is 15.5 Å². The molecule has 7 heteroatoms. The molecule has 7 nitrogen and oxygen atoms in total. The van der Waals surface area contributed by atoms with Crippen LogP contribution in [0.5, 0.6) is 0 Å². The Balaban J connectivity index is 1.34. The van der Waals surface area contributed by atoms with Gasteiger partial charge in [0.15, 0.2) is 0 Å². The monoisotopic (exact) mass is 575 g/mol. The molecule has 0 radical (unpaired) electrons. The Morgan fingerprint density at radius 3 is 2.05 bits per heavy atom. The fourth-order valence-electron chi connectivity index (χ4n) is 6.31. The van der Waals surface area contributed by atoms with E-state index in [9.17, 15) is 14.4 Å². The molecule has 2 aromatic carbocycles. The van der Waals surface area contributed by atoms with Gasteiger partial charge in [0, 0.05) is 19.6 Å². The first-order chi connectivity index (χ1) is 20.2. The maximum absolute atomic E-state index is 13.8. The molecule has 1 aliphatic heterocycles. The van der Waals surface area contributed by atoms with Crippen molar-refractivity contribution in [3.8, 4) is 0 Å². The van der Waals surface area contributed by atoms with Gasteiger partial charge in [-0.1, -0.05) is 107 Å². The first-order valence-electron chi connectivity index (χ1n) is 15.8.